The SMILES string of the molecule is c1ccc(-c2cc(-c3ccccc3)nc(-c3cc(-c4ccccc4)c(N(c4ccccc4)c4ccc5c(c4)oc4ccc6c7ccccc7oc6c45)c(-c4ccccc4)c3)n2)cc1. The highest BCUT2D eigenvalue weighted by Crippen LogP contribution is 2.50. The quantitative estimate of drug-likeness (QED) is 0.153. The van der Waals surface area contributed by atoms with Gasteiger partial charge < -0.3 is 13.7 Å². The van der Waals surface area contributed by atoms with Crippen molar-refractivity contribution in [1.82, 2.24) is 9.97 Å². The van der Waals surface area contributed by atoms with E-state index in [4.69, 9.17) is 18.8 Å². The molecule has 0 amide bonds. The third kappa shape index (κ3) is 6.42. The molecule has 0 aliphatic heterocycles. The van der Waals surface area contributed by atoms with Crippen LogP contribution in [0, 0.1) is 0 Å². The average Bonchev–Trinajstić information content (AvgIpc) is 3.93. The van der Waals surface area contributed by atoms with Gasteiger partial charge in [-0.3, -0.25) is 0 Å². The lowest BCUT2D eigenvalue weighted by molar-refractivity contribution is 0.663. The zero-order chi connectivity index (χ0) is 41.7. The summed E-state index contributed by atoms with van der Waals surface area (Å²) in [5.74, 6) is 0.642. The van der Waals surface area contributed by atoms with Crippen molar-refractivity contribution in [2.24, 2.45) is 0 Å². The molecule has 5 nitrogen and oxygen atoms in total. The number of rotatable bonds is 8. The molecule has 0 aliphatic rings. The maximum Gasteiger partial charge on any atom is 0.160 e. The molecule has 12 aromatic rings. The van der Waals surface area contributed by atoms with Crippen molar-refractivity contribution in [3.8, 4) is 56.2 Å². The van der Waals surface area contributed by atoms with Crippen LogP contribution in [0.5, 0.6) is 0 Å². The summed E-state index contributed by atoms with van der Waals surface area (Å²) in [5.41, 5.74) is 15.1. The Labute approximate surface area is 363 Å². The van der Waals surface area contributed by atoms with Crippen LogP contribution < -0.4 is 4.90 Å². The fourth-order valence-corrected chi connectivity index (χ4v) is 8.92. The molecule has 0 saturated heterocycles. The van der Waals surface area contributed by atoms with Gasteiger partial charge in [-0.15, -0.1) is 0 Å². The maximum absolute atomic E-state index is 6.72. The Balaban J connectivity index is 1.13. The largest absolute Gasteiger partial charge is 0.456 e. The second kappa shape index (κ2) is 15.2. The second-order valence-electron chi connectivity index (χ2n) is 15.7. The normalized spacial score (nSPS) is 11.5. The summed E-state index contributed by atoms with van der Waals surface area (Å²) >= 11 is 0. The number of aromatic nitrogens is 2. The second-order valence-corrected chi connectivity index (χ2v) is 15.7. The molecule has 0 unspecified atom stereocenters. The van der Waals surface area contributed by atoms with Gasteiger partial charge in [0.15, 0.2) is 5.82 Å². The van der Waals surface area contributed by atoms with Gasteiger partial charge in [0.05, 0.1) is 22.5 Å². The first-order chi connectivity index (χ1) is 31.2. The summed E-state index contributed by atoms with van der Waals surface area (Å²) in [7, 11) is 0. The highest BCUT2D eigenvalue weighted by Gasteiger charge is 2.26. The van der Waals surface area contributed by atoms with E-state index in [0.717, 1.165) is 111 Å². The molecule has 296 valence electrons. The Hall–Kier alpha value is -8.54. The van der Waals surface area contributed by atoms with Gasteiger partial charge in [-0.2, -0.15) is 0 Å². The smallest absolute Gasteiger partial charge is 0.160 e. The van der Waals surface area contributed by atoms with E-state index in [1.807, 2.05) is 24.3 Å². The van der Waals surface area contributed by atoms with Gasteiger partial charge >= 0.3 is 0 Å². The molecule has 5 heteroatoms. The number of furan rings is 2. The number of fused-ring (bicyclic) bond motifs is 7. The van der Waals surface area contributed by atoms with Crippen LogP contribution in [0.3, 0.4) is 0 Å². The lowest BCUT2D eigenvalue weighted by Gasteiger charge is -2.31. The van der Waals surface area contributed by atoms with Gasteiger partial charge in [0.2, 0.25) is 0 Å². The lowest BCUT2D eigenvalue weighted by Crippen LogP contribution is -2.13. The molecule has 63 heavy (non-hydrogen) atoms. The Morgan fingerprint density at radius 3 is 1.46 bits per heavy atom. The summed E-state index contributed by atoms with van der Waals surface area (Å²) in [6.07, 6.45) is 0. The maximum atomic E-state index is 6.72. The van der Waals surface area contributed by atoms with E-state index in [0.29, 0.717) is 5.82 Å². The Morgan fingerprint density at radius 1 is 0.333 bits per heavy atom. The summed E-state index contributed by atoms with van der Waals surface area (Å²) in [5, 5.41) is 4.14. The van der Waals surface area contributed by atoms with Crippen LogP contribution in [0.25, 0.3) is 100 Å². The molecule has 3 aromatic heterocycles. The molecule has 3 heterocycles. The summed E-state index contributed by atoms with van der Waals surface area (Å²) in [6.45, 7) is 0. The van der Waals surface area contributed by atoms with Crippen LogP contribution in [0.4, 0.5) is 17.1 Å². The standard InChI is InChI=1S/C58H37N3O2/c1-6-18-38(19-7-1)48-34-42(58-59-50(40-22-10-3-11-23-40)37-51(60-58)41-24-12-4-13-25-41)35-49(39-20-8-2-9-21-39)56(48)61(43-26-14-5-15-27-43)44-30-31-47-54(36-44)62-53-33-32-46-45-28-16-17-29-52(45)63-57(46)55(47)53/h1-37H. The van der Waals surface area contributed by atoms with E-state index in [1.165, 1.54) is 0 Å². The average molecular weight is 808 g/mol. The minimum Gasteiger partial charge on any atom is -0.456 e. The Bertz CT molecular complexity index is 3480. The highest BCUT2D eigenvalue weighted by atomic mass is 16.3. The third-order valence-electron chi connectivity index (χ3n) is 11.9. The number of anilines is 3. The molecule has 0 fully saturated rings. The summed E-state index contributed by atoms with van der Waals surface area (Å²) in [4.78, 5) is 13.0. The fraction of sp³-hybridized carbons (Fsp3) is 0. The van der Waals surface area contributed by atoms with Crippen LogP contribution in [0.1, 0.15) is 0 Å². The number of hydrogen-bond donors (Lipinski definition) is 0. The first-order valence-corrected chi connectivity index (χ1v) is 21.1. The number of nitrogens with zero attached hydrogens (tertiary/aromatic N) is 3. The molecule has 12 rings (SSSR count). The first-order valence-electron chi connectivity index (χ1n) is 21.1. The predicted octanol–water partition coefficient (Wildman–Crippen LogP) is 16.1. The number of benzene rings is 9. The Morgan fingerprint density at radius 2 is 0.857 bits per heavy atom. The van der Waals surface area contributed by atoms with E-state index in [2.05, 4.69) is 205 Å². The van der Waals surface area contributed by atoms with Crippen molar-refractivity contribution in [2.45, 2.75) is 0 Å². The van der Waals surface area contributed by atoms with E-state index in [1.54, 1.807) is 0 Å². The molecular formula is C58H37N3O2. The van der Waals surface area contributed by atoms with Crippen LogP contribution in [-0.4, -0.2) is 9.97 Å². The molecule has 0 saturated carbocycles. The van der Waals surface area contributed by atoms with Crippen molar-refractivity contribution >= 4 is 60.9 Å². The van der Waals surface area contributed by atoms with Gasteiger partial charge in [-0.1, -0.05) is 158 Å². The van der Waals surface area contributed by atoms with Gasteiger partial charge in [0.1, 0.15) is 22.3 Å². The molecule has 0 N–H and O–H groups in total. The monoisotopic (exact) mass is 807 g/mol. The number of para-hydroxylation sites is 2. The van der Waals surface area contributed by atoms with E-state index >= 15 is 0 Å². The highest BCUT2D eigenvalue weighted by molar-refractivity contribution is 6.22. The van der Waals surface area contributed by atoms with E-state index in [9.17, 15) is 0 Å². The molecule has 0 spiro atoms. The van der Waals surface area contributed by atoms with Crippen LogP contribution in [0.15, 0.2) is 233 Å². The molecule has 0 atom stereocenters. The lowest BCUT2D eigenvalue weighted by atomic mass is 9.91. The molecule has 0 aliphatic carbocycles. The topological polar surface area (TPSA) is 55.3 Å². The van der Waals surface area contributed by atoms with Gasteiger partial charge in [-0.05, 0) is 71.8 Å². The third-order valence-corrected chi connectivity index (χ3v) is 11.9. The Kier molecular flexibility index (Phi) is 8.75. The van der Waals surface area contributed by atoms with Gasteiger partial charge in [0, 0.05) is 61.4 Å². The first kappa shape index (κ1) is 36.3. The minimum atomic E-state index is 0.642. The van der Waals surface area contributed by atoms with Gasteiger partial charge in [0.25, 0.3) is 0 Å². The minimum absolute atomic E-state index is 0.642. The van der Waals surface area contributed by atoms with Crippen LogP contribution in [0.2, 0.25) is 0 Å². The molecule has 0 bridgehead atoms. The van der Waals surface area contributed by atoms with Crippen molar-refractivity contribution < 1.29 is 8.83 Å². The summed E-state index contributed by atoms with van der Waals surface area (Å²) < 4.78 is 13.2. The zero-order valence-corrected chi connectivity index (χ0v) is 34.0. The zero-order valence-electron chi connectivity index (χ0n) is 34.0. The van der Waals surface area contributed by atoms with E-state index in [-0.39, 0.29) is 0 Å². The summed E-state index contributed by atoms with van der Waals surface area (Å²) in [6, 6.07) is 78.0. The molecule has 0 radical (unpaired) electrons. The number of hydrogen-bond acceptors (Lipinski definition) is 5. The van der Waals surface area contributed by atoms with Crippen molar-refractivity contribution in [3.05, 3.63) is 224 Å². The van der Waals surface area contributed by atoms with Crippen molar-refractivity contribution in [3.63, 3.8) is 0 Å². The molecular weight excluding hydrogens is 771 g/mol. The van der Waals surface area contributed by atoms with Gasteiger partial charge in [-0.25, -0.2) is 9.97 Å². The van der Waals surface area contributed by atoms with E-state index < -0.39 is 0 Å². The van der Waals surface area contributed by atoms with Crippen LogP contribution >= 0.6 is 0 Å². The van der Waals surface area contributed by atoms with Crippen molar-refractivity contribution in [2.75, 3.05) is 4.90 Å². The molecule has 9 aromatic carbocycles. The van der Waals surface area contributed by atoms with Crippen molar-refractivity contribution in [1.29, 1.82) is 0 Å². The fourth-order valence-electron chi connectivity index (χ4n) is 8.92. The van der Waals surface area contributed by atoms with Crippen LogP contribution in [-0.2, 0) is 0 Å². The predicted molar refractivity (Wildman–Crippen MR) is 258 cm³/mol.